The Balaban J connectivity index is 1.77. The van der Waals surface area contributed by atoms with E-state index in [1.54, 1.807) is 0 Å². The number of H-pyrrole nitrogens is 1. The highest BCUT2D eigenvalue weighted by atomic mass is 15.1. The number of pyridine rings is 1. The molecule has 28 heavy (non-hydrogen) atoms. The van der Waals surface area contributed by atoms with Gasteiger partial charge in [-0.25, -0.2) is 9.97 Å². The molecule has 1 saturated heterocycles. The molecule has 1 unspecified atom stereocenters. The van der Waals surface area contributed by atoms with Gasteiger partial charge in [-0.2, -0.15) is 5.10 Å². The lowest BCUT2D eigenvalue weighted by Gasteiger charge is -2.24. The number of hydrogen-bond acceptors (Lipinski definition) is 5. The fourth-order valence-corrected chi connectivity index (χ4v) is 4.36. The number of nitrogens with zero attached hydrogens (tertiary/aromatic N) is 4. The van der Waals surface area contributed by atoms with Crippen LogP contribution in [0.2, 0.25) is 0 Å². The minimum Gasteiger partial charge on any atom is -0.382 e. The summed E-state index contributed by atoms with van der Waals surface area (Å²) < 4.78 is 2.36. The van der Waals surface area contributed by atoms with E-state index in [0.717, 1.165) is 58.5 Å². The maximum atomic E-state index is 6.38. The third kappa shape index (κ3) is 2.65. The first-order chi connectivity index (χ1) is 13.6. The Morgan fingerprint density at radius 3 is 2.82 bits per heavy atom. The third-order valence-corrected chi connectivity index (χ3v) is 5.65. The van der Waals surface area contributed by atoms with E-state index in [2.05, 4.69) is 57.1 Å². The first kappa shape index (κ1) is 17.2. The van der Waals surface area contributed by atoms with Gasteiger partial charge in [-0.1, -0.05) is 6.07 Å². The van der Waals surface area contributed by atoms with Crippen LogP contribution in [0, 0.1) is 0 Å². The molecular formula is C21H25N7. The molecule has 4 aromatic rings. The Morgan fingerprint density at radius 2 is 2.11 bits per heavy atom. The number of piperidine rings is 1. The fraction of sp³-hybridized carbons (Fsp3) is 0.381. The largest absolute Gasteiger partial charge is 0.382 e. The van der Waals surface area contributed by atoms with Gasteiger partial charge in [0.15, 0.2) is 5.82 Å². The first-order valence-corrected chi connectivity index (χ1v) is 9.95. The molecule has 0 amide bonds. The molecule has 7 heteroatoms. The number of rotatable bonds is 3. The van der Waals surface area contributed by atoms with Crippen LogP contribution in [0.1, 0.15) is 44.5 Å². The van der Waals surface area contributed by atoms with Gasteiger partial charge in [0.2, 0.25) is 0 Å². The van der Waals surface area contributed by atoms with Gasteiger partial charge in [-0.15, -0.1) is 0 Å². The van der Waals surface area contributed by atoms with Gasteiger partial charge in [-0.05, 0) is 51.4 Å². The van der Waals surface area contributed by atoms with Crippen molar-refractivity contribution in [1.29, 1.82) is 0 Å². The fourth-order valence-electron chi connectivity index (χ4n) is 4.36. The van der Waals surface area contributed by atoms with Crippen LogP contribution in [-0.2, 0) is 0 Å². The normalized spacial score (nSPS) is 17.8. The Labute approximate surface area is 163 Å². The zero-order valence-electron chi connectivity index (χ0n) is 16.2. The predicted octanol–water partition coefficient (Wildman–Crippen LogP) is 3.60. The van der Waals surface area contributed by atoms with Crippen molar-refractivity contribution in [3.8, 4) is 11.3 Å². The molecule has 144 valence electrons. The summed E-state index contributed by atoms with van der Waals surface area (Å²) in [5, 5.41) is 11.7. The number of aromatic amines is 1. The second kappa shape index (κ2) is 6.60. The SMILES string of the molecule is CC(C)n1c(C2CCCNC2)nc2c(N)nc3cc(-c4cc[nH]n4)ccc3c21. The van der Waals surface area contributed by atoms with Gasteiger partial charge in [-0.3, -0.25) is 5.10 Å². The minimum atomic E-state index is 0.290. The number of hydrogen-bond donors (Lipinski definition) is 3. The molecule has 0 saturated carbocycles. The molecule has 1 fully saturated rings. The van der Waals surface area contributed by atoms with E-state index in [0.29, 0.717) is 11.7 Å². The van der Waals surface area contributed by atoms with E-state index in [1.807, 2.05) is 12.3 Å². The van der Waals surface area contributed by atoms with Crippen molar-refractivity contribution in [2.75, 3.05) is 18.8 Å². The van der Waals surface area contributed by atoms with Gasteiger partial charge in [0.05, 0.1) is 16.7 Å². The summed E-state index contributed by atoms with van der Waals surface area (Å²) in [5.41, 5.74) is 11.1. The number of nitrogens with one attached hydrogen (secondary N) is 2. The van der Waals surface area contributed by atoms with E-state index in [1.165, 1.54) is 6.42 Å². The van der Waals surface area contributed by atoms with Crippen LogP contribution in [0.25, 0.3) is 33.2 Å². The monoisotopic (exact) mass is 375 g/mol. The Bertz CT molecular complexity index is 1130. The van der Waals surface area contributed by atoms with Gasteiger partial charge in [0.25, 0.3) is 0 Å². The molecule has 1 aromatic carbocycles. The van der Waals surface area contributed by atoms with Crippen LogP contribution in [0.15, 0.2) is 30.5 Å². The highest BCUT2D eigenvalue weighted by molar-refractivity contribution is 6.07. The molecule has 7 nitrogen and oxygen atoms in total. The molecular weight excluding hydrogens is 350 g/mol. The summed E-state index contributed by atoms with van der Waals surface area (Å²) in [4.78, 5) is 9.68. The second-order valence-corrected chi connectivity index (χ2v) is 7.86. The lowest BCUT2D eigenvalue weighted by molar-refractivity contribution is 0.425. The van der Waals surface area contributed by atoms with Crippen molar-refractivity contribution in [3.63, 3.8) is 0 Å². The maximum Gasteiger partial charge on any atom is 0.152 e. The lowest BCUT2D eigenvalue weighted by Crippen LogP contribution is -2.30. The average Bonchev–Trinajstić information content (AvgIpc) is 3.37. The van der Waals surface area contributed by atoms with Gasteiger partial charge >= 0.3 is 0 Å². The molecule has 0 bridgehead atoms. The van der Waals surface area contributed by atoms with Gasteiger partial charge in [0, 0.05) is 35.7 Å². The van der Waals surface area contributed by atoms with Crippen LogP contribution >= 0.6 is 0 Å². The summed E-state index contributed by atoms with van der Waals surface area (Å²) in [7, 11) is 0. The summed E-state index contributed by atoms with van der Waals surface area (Å²) in [6, 6.07) is 8.52. The van der Waals surface area contributed by atoms with Crippen LogP contribution in [0.4, 0.5) is 5.82 Å². The quantitative estimate of drug-likeness (QED) is 0.508. The average molecular weight is 375 g/mol. The molecule has 0 aliphatic carbocycles. The number of benzene rings is 1. The number of imidazole rings is 1. The number of nitrogen functional groups attached to an aromatic ring is 1. The van der Waals surface area contributed by atoms with E-state index in [4.69, 9.17) is 10.7 Å². The highest BCUT2D eigenvalue weighted by Crippen LogP contribution is 2.36. The topological polar surface area (TPSA) is 97.4 Å². The molecule has 4 heterocycles. The van der Waals surface area contributed by atoms with Gasteiger partial charge in [0.1, 0.15) is 11.3 Å². The summed E-state index contributed by atoms with van der Waals surface area (Å²) in [5.74, 6) is 2.02. The highest BCUT2D eigenvalue weighted by Gasteiger charge is 2.26. The van der Waals surface area contributed by atoms with Crippen molar-refractivity contribution in [3.05, 3.63) is 36.3 Å². The first-order valence-electron chi connectivity index (χ1n) is 9.95. The summed E-state index contributed by atoms with van der Waals surface area (Å²) in [6.07, 6.45) is 4.15. The van der Waals surface area contributed by atoms with Crippen LogP contribution in [0.5, 0.6) is 0 Å². The van der Waals surface area contributed by atoms with Crippen molar-refractivity contribution < 1.29 is 0 Å². The zero-order chi connectivity index (χ0) is 19.3. The van der Waals surface area contributed by atoms with Crippen molar-refractivity contribution >= 4 is 27.8 Å². The summed E-state index contributed by atoms with van der Waals surface area (Å²) in [6.45, 7) is 6.47. The van der Waals surface area contributed by atoms with Crippen LogP contribution in [-0.4, -0.2) is 37.8 Å². The van der Waals surface area contributed by atoms with Crippen molar-refractivity contribution in [2.45, 2.75) is 38.6 Å². The Kier molecular flexibility index (Phi) is 4.05. The standard InChI is InChI=1S/C21H25N7/c1-12(2)28-19-15-6-5-13(16-7-9-24-27-16)10-17(15)25-20(22)18(19)26-21(28)14-4-3-8-23-11-14/h5-7,9-10,12,14,23H,3-4,8,11H2,1-2H3,(H2,22,25)(H,24,27). The smallest absolute Gasteiger partial charge is 0.152 e. The second-order valence-electron chi connectivity index (χ2n) is 7.86. The molecule has 0 spiro atoms. The molecule has 1 aliphatic heterocycles. The minimum absolute atomic E-state index is 0.290. The Hall–Kier alpha value is -2.93. The number of nitrogens with two attached hydrogens (primary N) is 1. The van der Waals surface area contributed by atoms with Crippen LogP contribution in [0.3, 0.4) is 0 Å². The van der Waals surface area contributed by atoms with Crippen LogP contribution < -0.4 is 11.1 Å². The molecule has 1 aliphatic rings. The van der Waals surface area contributed by atoms with Crippen molar-refractivity contribution in [2.24, 2.45) is 0 Å². The van der Waals surface area contributed by atoms with E-state index >= 15 is 0 Å². The van der Waals surface area contributed by atoms with Gasteiger partial charge < -0.3 is 15.6 Å². The maximum absolute atomic E-state index is 6.38. The lowest BCUT2D eigenvalue weighted by atomic mass is 9.98. The number of fused-ring (bicyclic) bond motifs is 3. The number of anilines is 1. The Morgan fingerprint density at radius 1 is 1.21 bits per heavy atom. The predicted molar refractivity (Wildman–Crippen MR) is 112 cm³/mol. The van der Waals surface area contributed by atoms with E-state index < -0.39 is 0 Å². The molecule has 5 rings (SSSR count). The van der Waals surface area contributed by atoms with E-state index in [-0.39, 0.29) is 6.04 Å². The third-order valence-electron chi connectivity index (χ3n) is 5.65. The summed E-state index contributed by atoms with van der Waals surface area (Å²) >= 11 is 0. The molecule has 4 N–H and O–H groups in total. The zero-order valence-corrected chi connectivity index (χ0v) is 16.2. The van der Waals surface area contributed by atoms with E-state index in [9.17, 15) is 0 Å². The van der Waals surface area contributed by atoms with Crippen molar-refractivity contribution in [1.82, 2.24) is 30.0 Å². The molecule has 0 radical (unpaired) electrons. The number of aromatic nitrogens is 5. The molecule has 1 atom stereocenters. The molecule has 3 aromatic heterocycles.